The third-order valence-electron chi connectivity index (χ3n) is 7.20. The minimum atomic E-state index is -4.80. The lowest BCUT2D eigenvalue weighted by molar-refractivity contribution is -0.274. The van der Waals surface area contributed by atoms with Crippen molar-refractivity contribution in [3.05, 3.63) is 66.0 Å². The third-order valence-corrected chi connectivity index (χ3v) is 7.42. The largest absolute Gasteiger partial charge is 0.573 e. The summed E-state index contributed by atoms with van der Waals surface area (Å²) in [5.41, 5.74) is 4.34. The van der Waals surface area contributed by atoms with E-state index in [0.717, 1.165) is 43.9 Å². The number of aromatic nitrogens is 1. The highest BCUT2D eigenvalue weighted by atomic mass is 35.5. The summed E-state index contributed by atoms with van der Waals surface area (Å²) in [7, 11) is 2.13. The van der Waals surface area contributed by atoms with Crippen LogP contribution in [0.25, 0.3) is 22.3 Å². The number of rotatable bonds is 7. The molecule has 0 aliphatic carbocycles. The van der Waals surface area contributed by atoms with Gasteiger partial charge in [0.25, 0.3) is 5.91 Å². The number of carbonyl (C=O) groups excluding carboxylic acids is 1. The van der Waals surface area contributed by atoms with Gasteiger partial charge in [-0.05, 0) is 42.3 Å². The Labute approximate surface area is 224 Å². The zero-order chi connectivity index (χ0) is 26.9. The molecule has 1 aromatic heterocycles. The van der Waals surface area contributed by atoms with Crippen LogP contribution < -0.4 is 10.1 Å². The lowest BCUT2D eigenvalue weighted by Crippen LogP contribution is -2.43. The molecule has 1 fully saturated rings. The molecule has 38 heavy (non-hydrogen) atoms. The number of hydrogen-bond donors (Lipinski definition) is 1. The van der Waals surface area contributed by atoms with Crippen molar-refractivity contribution in [1.82, 2.24) is 19.7 Å². The number of fused-ring (bicyclic) bond motifs is 1. The van der Waals surface area contributed by atoms with Crippen molar-refractivity contribution in [3.63, 3.8) is 0 Å². The van der Waals surface area contributed by atoms with Crippen LogP contribution in [0.3, 0.4) is 0 Å². The Morgan fingerprint density at radius 1 is 1.05 bits per heavy atom. The molecule has 0 saturated carbocycles. The van der Waals surface area contributed by atoms with Crippen LogP contribution in [-0.4, -0.2) is 72.3 Å². The summed E-state index contributed by atoms with van der Waals surface area (Å²) in [5.74, 6) is -0.116. The maximum Gasteiger partial charge on any atom is 0.573 e. The van der Waals surface area contributed by atoms with Crippen LogP contribution in [0.5, 0.6) is 5.75 Å². The normalized spacial score (nSPS) is 18.8. The second kappa shape index (κ2) is 11.0. The fraction of sp³-hybridized carbons (Fsp3) is 0.393. The minimum Gasteiger partial charge on any atom is -0.406 e. The number of hydrogen-bond acceptors (Lipinski definition) is 4. The number of benzene rings is 2. The highest BCUT2D eigenvalue weighted by molar-refractivity contribution is 6.17. The first-order valence-electron chi connectivity index (χ1n) is 12.7. The van der Waals surface area contributed by atoms with Crippen molar-refractivity contribution >= 4 is 17.5 Å². The summed E-state index contributed by atoms with van der Waals surface area (Å²) in [6.07, 6.45) is -2.30. The number of likely N-dealkylation sites (N-methyl/N-ethyl adjacent to an activating group) is 1. The van der Waals surface area contributed by atoms with Crippen molar-refractivity contribution in [3.8, 4) is 28.0 Å². The van der Waals surface area contributed by atoms with Crippen LogP contribution in [0.4, 0.5) is 13.2 Å². The molecule has 1 N–H and O–H groups in total. The van der Waals surface area contributed by atoms with Crippen molar-refractivity contribution in [2.24, 2.45) is 0 Å². The summed E-state index contributed by atoms with van der Waals surface area (Å²) >= 11 is 6.05. The summed E-state index contributed by atoms with van der Waals surface area (Å²) < 4.78 is 44.9. The Morgan fingerprint density at radius 2 is 1.79 bits per heavy atom. The van der Waals surface area contributed by atoms with Gasteiger partial charge in [0.15, 0.2) is 0 Å². The molecule has 10 heteroatoms. The van der Waals surface area contributed by atoms with E-state index in [-0.39, 0.29) is 17.7 Å². The van der Waals surface area contributed by atoms with Gasteiger partial charge < -0.3 is 19.5 Å². The van der Waals surface area contributed by atoms with Gasteiger partial charge in [0.2, 0.25) is 0 Å². The van der Waals surface area contributed by atoms with Gasteiger partial charge in [0.1, 0.15) is 11.4 Å². The average molecular weight is 547 g/mol. The standard InChI is InChI=1S/C28H30ClF3N4O2/c1-34-11-13-35(14-12-34)17-19-5-7-20(8-6-19)25-24(21-3-2-4-23(15-21)38-28(30,31)32)18-36-22(9-10-29)16-33-27(37)26(25)36/h2-8,15,18,22H,9-14,16-17H2,1H3,(H,33,37). The molecule has 0 radical (unpaired) electrons. The second-order valence-electron chi connectivity index (χ2n) is 9.87. The predicted molar refractivity (Wildman–Crippen MR) is 141 cm³/mol. The topological polar surface area (TPSA) is 49.7 Å². The quantitative estimate of drug-likeness (QED) is 0.404. The van der Waals surface area contributed by atoms with E-state index in [9.17, 15) is 18.0 Å². The number of amides is 1. The van der Waals surface area contributed by atoms with Gasteiger partial charge in [-0.25, -0.2) is 0 Å². The summed E-state index contributed by atoms with van der Waals surface area (Å²) in [6.45, 7) is 5.36. The van der Waals surface area contributed by atoms with Gasteiger partial charge in [-0.15, -0.1) is 24.8 Å². The van der Waals surface area contributed by atoms with Crippen LogP contribution in [0.2, 0.25) is 0 Å². The molecule has 1 amide bonds. The lowest BCUT2D eigenvalue weighted by atomic mass is 9.95. The first-order chi connectivity index (χ1) is 18.2. The smallest absolute Gasteiger partial charge is 0.406 e. The fourth-order valence-electron chi connectivity index (χ4n) is 5.22. The predicted octanol–water partition coefficient (Wildman–Crippen LogP) is 5.38. The molecule has 2 aliphatic heterocycles. The SMILES string of the molecule is CN1CCN(Cc2ccc(-c3c(-c4cccc(OC(F)(F)F)c4)cn4c3C(=O)NCC4CCCl)cc2)CC1. The number of nitrogens with zero attached hydrogens (tertiary/aromatic N) is 3. The van der Waals surface area contributed by atoms with Gasteiger partial charge >= 0.3 is 6.36 Å². The molecule has 1 unspecified atom stereocenters. The molecule has 2 aliphatic rings. The zero-order valence-electron chi connectivity index (χ0n) is 21.1. The van der Waals surface area contributed by atoms with E-state index in [0.29, 0.717) is 41.2 Å². The van der Waals surface area contributed by atoms with Crippen molar-refractivity contribution in [1.29, 1.82) is 0 Å². The molecular formula is C28H30ClF3N4O2. The fourth-order valence-corrected chi connectivity index (χ4v) is 5.47. The van der Waals surface area contributed by atoms with Crippen LogP contribution in [0, 0.1) is 0 Å². The number of nitrogens with one attached hydrogen (secondary N) is 1. The number of carbonyl (C=O) groups is 1. The number of piperazine rings is 1. The maximum absolute atomic E-state index is 13.1. The van der Waals surface area contributed by atoms with Crippen molar-refractivity contribution in [2.75, 3.05) is 45.7 Å². The van der Waals surface area contributed by atoms with Crippen molar-refractivity contribution < 1.29 is 22.7 Å². The van der Waals surface area contributed by atoms with Crippen LogP contribution >= 0.6 is 11.6 Å². The molecule has 6 nitrogen and oxygen atoms in total. The molecule has 3 heterocycles. The molecule has 1 saturated heterocycles. The van der Waals surface area contributed by atoms with E-state index in [1.54, 1.807) is 6.07 Å². The average Bonchev–Trinajstić information content (AvgIpc) is 3.29. The van der Waals surface area contributed by atoms with E-state index in [1.807, 2.05) is 22.9 Å². The molecule has 202 valence electrons. The Kier molecular flexibility index (Phi) is 7.70. The summed E-state index contributed by atoms with van der Waals surface area (Å²) in [5, 5.41) is 2.96. The van der Waals surface area contributed by atoms with Gasteiger partial charge in [-0.3, -0.25) is 9.69 Å². The van der Waals surface area contributed by atoms with Crippen LogP contribution in [-0.2, 0) is 6.54 Å². The Hall–Kier alpha value is -3.01. The summed E-state index contributed by atoms with van der Waals surface area (Å²) in [4.78, 5) is 17.9. The van der Waals surface area contributed by atoms with Crippen LogP contribution in [0.1, 0.15) is 28.5 Å². The monoisotopic (exact) mass is 546 g/mol. The molecule has 5 rings (SSSR count). The zero-order valence-corrected chi connectivity index (χ0v) is 21.9. The molecule has 0 spiro atoms. The molecular weight excluding hydrogens is 517 g/mol. The first kappa shape index (κ1) is 26.6. The Balaban J connectivity index is 1.54. The minimum absolute atomic E-state index is 0.0567. The Morgan fingerprint density at radius 3 is 2.47 bits per heavy atom. The number of ether oxygens (including phenoxy) is 1. The molecule has 1 atom stereocenters. The van der Waals surface area contributed by atoms with E-state index in [4.69, 9.17) is 11.6 Å². The van der Waals surface area contributed by atoms with Gasteiger partial charge in [-0.1, -0.05) is 36.4 Å². The number of halogens is 4. The van der Waals surface area contributed by atoms with E-state index < -0.39 is 6.36 Å². The highest BCUT2D eigenvalue weighted by Crippen LogP contribution is 2.41. The van der Waals surface area contributed by atoms with Gasteiger partial charge in [0, 0.05) is 62.5 Å². The maximum atomic E-state index is 13.1. The van der Waals surface area contributed by atoms with E-state index in [2.05, 4.69) is 39.0 Å². The molecule has 2 aromatic carbocycles. The van der Waals surface area contributed by atoms with Gasteiger partial charge in [-0.2, -0.15) is 0 Å². The first-order valence-corrected chi connectivity index (χ1v) is 13.2. The summed E-state index contributed by atoms with van der Waals surface area (Å²) in [6, 6.07) is 13.9. The van der Waals surface area contributed by atoms with Crippen molar-refractivity contribution in [2.45, 2.75) is 25.4 Å². The highest BCUT2D eigenvalue weighted by Gasteiger charge is 2.33. The second-order valence-corrected chi connectivity index (χ2v) is 10.2. The Bertz CT molecular complexity index is 1280. The third kappa shape index (κ3) is 5.85. The van der Waals surface area contributed by atoms with E-state index in [1.165, 1.54) is 18.2 Å². The van der Waals surface area contributed by atoms with Crippen LogP contribution in [0.15, 0.2) is 54.7 Å². The van der Waals surface area contributed by atoms with E-state index >= 15 is 0 Å². The lowest BCUT2D eigenvalue weighted by Gasteiger charge is -2.32. The molecule has 0 bridgehead atoms. The van der Waals surface area contributed by atoms with Gasteiger partial charge in [0.05, 0.1) is 6.04 Å². The number of alkyl halides is 4. The molecule has 3 aromatic rings.